The third kappa shape index (κ3) is 4.41. The number of rotatable bonds is 5. The molecule has 0 aliphatic carbocycles. The van der Waals surface area contributed by atoms with Crippen molar-refractivity contribution in [2.24, 2.45) is 0 Å². The highest BCUT2D eigenvalue weighted by Gasteiger charge is 2.28. The van der Waals surface area contributed by atoms with Crippen LogP contribution in [0.1, 0.15) is 23.6 Å². The summed E-state index contributed by atoms with van der Waals surface area (Å²) in [5.74, 6) is -1.35. The van der Waals surface area contributed by atoms with Crippen LogP contribution in [0.5, 0.6) is 0 Å². The van der Waals surface area contributed by atoms with Crippen LogP contribution < -0.4 is 5.32 Å². The highest BCUT2D eigenvalue weighted by atomic mass is 32.2. The molecule has 2 aromatic rings. The summed E-state index contributed by atoms with van der Waals surface area (Å²) in [5, 5.41) is 1.22. The molecule has 0 saturated carbocycles. The molecule has 2 rings (SSSR count). The molecule has 1 atom stereocenters. The average molecular weight is 349 g/mol. The first-order valence-electron chi connectivity index (χ1n) is 7.53. The molecule has 0 aromatic heterocycles. The van der Waals surface area contributed by atoms with Crippen molar-refractivity contribution >= 4 is 21.4 Å². The van der Waals surface area contributed by atoms with Gasteiger partial charge in [0.15, 0.2) is 9.84 Å². The largest absolute Gasteiger partial charge is 0.325 e. The summed E-state index contributed by atoms with van der Waals surface area (Å²) in [5.41, 5.74) is 2.35. The van der Waals surface area contributed by atoms with E-state index in [1.54, 1.807) is 19.1 Å². The highest BCUT2D eigenvalue weighted by Crippen LogP contribution is 2.17. The number of hydrogen-bond acceptors (Lipinski definition) is 3. The Kier molecular flexibility index (Phi) is 5.39. The zero-order valence-electron chi connectivity index (χ0n) is 13.8. The minimum Gasteiger partial charge on any atom is -0.325 e. The van der Waals surface area contributed by atoms with E-state index in [0.717, 1.165) is 5.56 Å². The lowest BCUT2D eigenvalue weighted by Gasteiger charge is -2.14. The summed E-state index contributed by atoms with van der Waals surface area (Å²) in [6.07, 6.45) is 0. The maximum absolute atomic E-state index is 13.5. The maximum atomic E-state index is 13.5. The quantitative estimate of drug-likeness (QED) is 0.900. The Morgan fingerprint density at radius 3 is 2.33 bits per heavy atom. The fourth-order valence-electron chi connectivity index (χ4n) is 2.12. The minimum absolute atomic E-state index is 0.218. The number of anilines is 1. The molecular weight excluding hydrogens is 329 g/mol. The molecule has 1 amide bonds. The van der Waals surface area contributed by atoms with Gasteiger partial charge in [0.25, 0.3) is 0 Å². The number of nitrogens with one attached hydrogen (secondary N) is 1. The summed E-state index contributed by atoms with van der Waals surface area (Å²) in [7, 11) is -3.67. The van der Waals surface area contributed by atoms with Crippen LogP contribution >= 0.6 is 0 Å². The molecule has 0 spiro atoms. The fraction of sp³-hybridized carbons (Fsp3) is 0.278. The fourth-order valence-corrected chi connectivity index (χ4v) is 3.41. The zero-order chi connectivity index (χ0) is 17.9. The Bertz CT molecular complexity index is 845. The van der Waals surface area contributed by atoms with Crippen molar-refractivity contribution in [3.8, 4) is 0 Å². The molecule has 4 nitrogen and oxygen atoms in total. The number of benzene rings is 2. The number of amides is 1. The summed E-state index contributed by atoms with van der Waals surface area (Å²) in [6, 6.07) is 11.3. The maximum Gasteiger partial charge on any atom is 0.242 e. The van der Waals surface area contributed by atoms with Gasteiger partial charge in [-0.15, -0.1) is 0 Å². The van der Waals surface area contributed by atoms with Gasteiger partial charge in [0.1, 0.15) is 11.1 Å². The Hall–Kier alpha value is -2.21. The summed E-state index contributed by atoms with van der Waals surface area (Å²) in [4.78, 5) is 12.2. The number of halogens is 1. The first-order chi connectivity index (χ1) is 11.2. The van der Waals surface area contributed by atoms with Crippen LogP contribution in [0.3, 0.4) is 0 Å². The minimum atomic E-state index is -3.67. The SMILES string of the molecule is Cc1ccc(CS(=O)(=O)[C@H](C)C(=O)Nc2ccc(C)c(F)c2)cc1. The van der Waals surface area contributed by atoms with Crippen molar-refractivity contribution in [1.29, 1.82) is 0 Å². The van der Waals surface area contributed by atoms with Crippen LogP contribution in [-0.2, 0) is 20.4 Å². The van der Waals surface area contributed by atoms with Crippen molar-refractivity contribution in [3.05, 3.63) is 65.0 Å². The van der Waals surface area contributed by atoms with Crippen LogP contribution in [0.25, 0.3) is 0 Å². The van der Waals surface area contributed by atoms with E-state index in [1.165, 1.54) is 25.1 Å². The lowest BCUT2D eigenvalue weighted by Crippen LogP contribution is -2.33. The standard InChI is InChI=1S/C18H20FNO3S/c1-12-4-7-15(8-5-12)11-24(22,23)14(3)18(21)20-16-9-6-13(2)17(19)10-16/h4-10,14H,11H2,1-3H3,(H,20,21)/t14-/m1/s1. The van der Waals surface area contributed by atoms with Gasteiger partial charge in [0.05, 0.1) is 5.75 Å². The first kappa shape index (κ1) is 18.1. The highest BCUT2D eigenvalue weighted by molar-refractivity contribution is 7.92. The van der Waals surface area contributed by atoms with E-state index in [9.17, 15) is 17.6 Å². The van der Waals surface area contributed by atoms with Crippen molar-refractivity contribution in [2.75, 3.05) is 5.32 Å². The van der Waals surface area contributed by atoms with Gasteiger partial charge in [-0.1, -0.05) is 35.9 Å². The van der Waals surface area contributed by atoms with Crippen LogP contribution in [0.4, 0.5) is 10.1 Å². The van der Waals surface area contributed by atoms with Gasteiger partial charge in [-0.2, -0.15) is 0 Å². The normalized spacial score (nSPS) is 12.7. The van der Waals surface area contributed by atoms with Gasteiger partial charge < -0.3 is 5.32 Å². The Balaban J connectivity index is 2.10. The van der Waals surface area contributed by atoms with Crippen LogP contribution in [0.2, 0.25) is 0 Å². The van der Waals surface area contributed by atoms with Gasteiger partial charge >= 0.3 is 0 Å². The van der Waals surface area contributed by atoms with E-state index >= 15 is 0 Å². The summed E-state index contributed by atoms with van der Waals surface area (Å²) < 4.78 is 38.3. The molecule has 128 valence electrons. The van der Waals surface area contributed by atoms with Gasteiger partial charge in [-0.05, 0) is 44.0 Å². The van der Waals surface area contributed by atoms with E-state index in [1.807, 2.05) is 19.1 Å². The monoisotopic (exact) mass is 349 g/mol. The number of aryl methyl sites for hydroxylation is 2. The van der Waals surface area contributed by atoms with Crippen LogP contribution in [-0.4, -0.2) is 19.6 Å². The molecule has 0 bridgehead atoms. The average Bonchev–Trinajstić information content (AvgIpc) is 2.52. The molecule has 2 aromatic carbocycles. The topological polar surface area (TPSA) is 63.2 Å². The molecule has 0 heterocycles. The van der Waals surface area contributed by atoms with Crippen molar-refractivity contribution in [2.45, 2.75) is 31.8 Å². The molecule has 0 unspecified atom stereocenters. The van der Waals surface area contributed by atoms with Gasteiger partial charge in [0.2, 0.25) is 5.91 Å². The molecule has 1 N–H and O–H groups in total. The second-order valence-electron chi connectivity index (χ2n) is 5.89. The van der Waals surface area contributed by atoms with Crippen molar-refractivity contribution < 1.29 is 17.6 Å². The third-order valence-corrected chi connectivity index (χ3v) is 5.86. The van der Waals surface area contributed by atoms with E-state index in [-0.39, 0.29) is 11.4 Å². The number of carbonyl (C=O) groups is 1. The Morgan fingerprint density at radius 2 is 1.75 bits per heavy atom. The number of sulfone groups is 1. The van der Waals surface area contributed by atoms with Crippen LogP contribution in [0.15, 0.2) is 42.5 Å². The lowest BCUT2D eigenvalue weighted by molar-refractivity contribution is -0.115. The molecule has 0 radical (unpaired) electrons. The molecule has 0 saturated heterocycles. The molecular formula is C18H20FNO3S. The Labute approximate surface area is 141 Å². The lowest BCUT2D eigenvalue weighted by atomic mass is 10.2. The second-order valence-corrected chi connectivity index (χ2v) is 8.21. The second kappa shape index (κ2) is 7.13. The van der Waals surface area contributed by atoms with Gasteiger partial charge in [-0.3, -0.25) is 4.79 Å². The zero-order valence-corrected chi connectivity index (χ0v) is 14.7. The Morgan fingerprint density at radius 1 is 1.12 bits per heavy atom. The summed E-state index contributed by atoms with van der Waals surface area (Å²) >= 11 is 0. The van der Waals surface area contributed by atoms with Crippen LogP contribution in [0, 0.1) is 19.7 Å². The number of hydrogen-bond donors (Lipinski definition) is 1. The van der Waals surface area contributed by atoms with Crippen molar-refractivity contribution in [1.82, 2.24) is 0 Å². The van der Waals surface area contributed by atoms with E-state index in [2.05, 4.69) is 5.32 Å². The number of carbonyl (C=O) groups excluding carboxylic acids is 1. The third-order valence-electron chi connectivity index (χ3n) is 3.84. The predicted octanol–water partition coefficient (Wildman–Crippen LogP) is 3.38. The van der Waals surface area contributed by atoms with E-state index < -0.39 is 26.8 Å². The predicted molar refractivity (Wildman–Crippen MR) is 93.0 cm³/mol. The molecule has 6 heteroatoms. The molecule has 0 aliphatic rings. The van der Waals surface area contributed by atoms with Gasteiger partial charge in [-0.25, -0.2) is 12.8 Å². The summed E-state index contributed by atoms with van der Waals surface area (Å²) in [6.45, 7) is 4.86. The smallest absolute Gasteiger partial charge is 0.242 e. The van der Waals surface area contributed by atoms with Gasteiger partial charge in [0, 0.05) is 5.69 Å². The molecule has 0 aliphatic heterocycles. The molecule has 24 heavy (non-hydrogen) atoms. The first-order valence-corrected chi connectivity index (χ1v) is 9.25. The van der Waals surface area contributed by atoms with E-state index in [4.69, 9.17) is 0 Å². The van der Waals surface area contributed by atoms with Crippen molar-refractivity contribution in [3.63, 3.8) is 0 Å². The van der Waals surface area contributed by atoms with E-state index in [0.29, 0.717) is 11.1 Å². The molecule has 0 fully saturated rings.